The Labute approximate surface area is 115 Å². The number of methoxy groups -OCH3 is 1. The number of carbonyl (C=O) groups excluding carboxylic acids is 1. The lowest BCUT2D eigenvalue weighted by molar-refractivity contribution is -0.124. The quantitative estimate of drug-likeness (QED) is 0.616. The summed E-state index contributed by atoms with van der Waals surface area (Å²) in [6, 6.07) is 0. The Balaban J connectivity index is 2.23. The number of carbonyl (C=O) groups is 1. The Bertz CT molecular complexity index is 412. The van der Waals surface area contributed by atoms with Gasteiger partial charge in [-0.1, -0.05) is 25.7 Å². The van der Waals surface area contributed by atoms with E-state index in [-0.39, 0.29) is 29.8 Å². The van der Waals surface area contributed by atoms with Crippen molar-refractivity contribution < 1.29 is 14.6 Å². The molecule has 3 nitrogen and oxygen atoms in total. The van der Waals surface area contributed by atoms with E-state index in [1.165, 1.54) is 5.57 Å². The molecular weight excluding hydrogens is 240 g/mol. The third-order valence-corrected chi connectivity index (χ3v) is 5.12. The highest BCUT2D eigenvalue weighted by Crippen LogP contribution is 2.56. The van der Waals surface area contributed by atoms with Gasteiger partial charge in [0.1, 0.15) is 0 Å². The number of Topliss-reactive ketones (excluding diaryl/α,β-unsaturated/α-hetero) is 1. The molecule has 2 aliphatic carbocycles. The molecule has 1 unspecified atom stereocenters. The SMILES string of the molecule is C=C1CC[C@@H](OC)C(=C)C(=O)CC2[C@@H]1C[C@]2(C)CO. The average molecular weight is 264 g/mol. The molecule has 0 aliphatic heterocycles. The second kappa shape index (κ2) is 5.22. The number of rotatable bonds is 2. The molecule has 19 heavy (non-hydrogen) atoms. The standard InChI is InChI=1S/C16H24O3/c1-10-5-6-15(19-4)11(2)14(18)7-13-12(10)8-16(13,3)9-17/h12-13,15,17H,1-2,5-9H2,3-4H3/t12-,13?,15-,16-/m1/s1. The number of aliphatic hydroxyl groups excluding tert-OH is 1. The normalized spacial score (nSPS) is 39.9. The van der Waals surface area contributed by atoms with Crippen molar-refractivity contribution in [1.82, 2.24) is 0 Å². The number of allylic oxidation sites excluding steroid dienone is 1. The molecule has 0 bridgehead atoms. The molecule has 1 N–H and O–H groups in total. The maximum atomic E-state index is 12.3. The van der Waals surface area contributed by atoms with Crippen LogP contribution in [0.3, 0.4) is 0 Å². The van der Waals surface area contributed by atoms with E-state index in [2.05, 4.69) is 20.1 Å². The van der Waals surface area contributed by atoms with E-state index in [4.69, 9.17) is 4.74 Å². The Morgan fingerprint density at radius 3 is 2.74 bits per heavy atom. The first-order valence-electron chi connectivity index (χ1n) is 6.96. The van der Waals surface area contributed by atoms with E-state index in [1.54, 1.807) is 7.11 Å². The number of fused-ring (bicyclic) bond motifs is 1. The van der Waals surface area contributed by atoms with Crippen LogP contribution in [0.4, 0.5) is 0 Å². The van der Waals surface area contributed by atoms with Gasteiger partial charge in [-0.25, -0.2) is 0 Å². The van der Waals surface area contributed by atoms with E-state index >= 15 is 0 Å². The van der Waals surface area contributed by atoms with Crippen molar-refractivity contribution in [3.63, 3.8) is 0 Å². The average Bonchev–Trinajstić information content (AvgIpc) is 2.43. The van der Waals surface area contributed by atoms with Gasteiger partial charge in [0.2, 0.25) is 0 Å². The molecule has 0 heterocycles. The first-order valence-corrected chi connectivity index (χ1v) is 6.96. The van der Waals surface area contributed by atoms with E-state index in [0.717, 1.165) is 19.3 Å². The fraction of sp³-hybridized carbons (Fsp3) is 0.688. The zero-order valence-electron chi connectivity index (χ0n) is 11.9. The molecule has 0 spiro atoms. The zero-order chi connectivity index (χ0) is 14.2. The van der Waals surface area contributed by atoms with Gasteiger partial charge >= 0.3 is 0 Å². The predicted molar refractivity (Wildman–Crippen MR) is 74.7 cm³/mol. The topological polar surface area (TPSA) is 46.5 Å². The van der Waals surface area contributed by atoms with Crippen molar-refractivity contribution in [3.05, 3.63) is 24.3 Å². The largest absolute Gasteiger partial charge is 0.396 e. The number of ether oxygens (including phenoxy) is 1. The molecule has 2 saturated carbocycles. The smallest absolute Gasteiger partial charge is 0.161 e. The summed E-state index contributed by atoms with van der Waals surface area (Å²) in [7, 11) is 1.62. The summed E-state index contributed by atoms with van der Waals surface area (Å²) >= 11 is 0. The Morgan fingerprint density at radius 2 is 2.16 bits per heavy atom. The molecule has 2 rings (SSSR count). The molecule has 0 saturated heterocycles. The molecule has 0 aromatic rings. The molecule has 0 aromatic carbocycles. The minimum Gasteiger partial charge on any atom is -0.396 e. The van der Waals surface area contributed by atoms with Gasteiger partial charge in [0.05, 0.1) is 6.10 Å². The van der Waals surface area contributed by atoms with Crippen molar-refractivity contribution in [3.8, 4) is 0 Å². The third kappa shape index (κ3) is 2.41. The lowest BCUT2D eigenvalue weighted by atomic mass is 9.51. The van der Waals surface area contributed by atoms with Crippen LogP contribution in [0.2, 0.25) is 0 Å². The van der Waals surface area contributed by atoms with E-state index < -0.39 is 0 Å². The second-order valence-electron chi connectivity index (χ2n) is 6.30. The third-order valence-electron chi connectivity index (χ3n) is 5.12. The molecule has 0 radical (unpaired) electrons. The molecular formula is C16H24O3. The Morgan fingerprint density at radius 1 is 1.47 bits per heavy atom. The number of aliphatic hydroxyl groups is 1. The predicted octanol–water partition coefficient (Wildman–Crippen LogP) is 2.50. The van der Waals surface area contributed by atoms with Crippen LogP contribution in [0.5, 0.6) is 0 Å². The van der Waals surface area contributed by atoms with Gasteiger partial charge in [-0.15, -0.1) is 0 Å². The Hall–Kier alpha value is -0.930. The van der Waals surface area contributed by atoms with Gasteiger partial charge < -0.3 is 9.84 Å². The molecule has 4 atom stereocenters. The van der Waals surface area contributed by atoms with Crippen molar-refractivity contribution >= 4 is 5.78 Å². The van der Waals surface area contributed by atoms with Crippen LogP contribution in [0, 0.1) is 17.3 Å². The van der Waals surface area contributed by atoms with Crippen LogP contribution >= 0.6 is 0 Å². The summed E-state index contributed by atoms with van der Waals surface area (Å²) in [5, 5.41) is 9.57. The van der Waals surface area contributed by atoms with Gasteiger partial charge in [0.25, 0.3) is 0 Å². The summed E-state index contributed by atoms with van der Waals surface area (Å²) in [6.07, 6.45) is 2.85. The lowest BCUT2D eigenvalue weighted by Crippen LogP contribution is -2.49. The van der Waals surface area contributed by atoms with Crippen LogP contribution in [0.15, 0.2) is 24.3 Å². The van der Waals surface area contributed by atoms with Crippen molar-refractivity contribution in [2.75, 3.05) is 13.7 Å². The summed E-state index contributed by atoms with van der Waals surface area (Å²) in [6.45, 7) is 10.3. The van der Waals surface area contributed by atoms with Gasteiger partial charge in [-0.05, 0) is 36.5 Å². The molecule has 2 aliphatic rings. The van der Waals surface area contributed by atoms with E-state index in [0.29, 0.717) is 17.9 Å². The van der Waals surface area contributed by atoms with Crippen LogP contribution in [-0.4, -0.2) is 30.7 Å². The summed E-state index contributed by atoms with van der Waals surface area (Å²) < 4.78 is 5.37. The first kappa shape index (κ1) is 14.5. The molecule has 0 amide bonds. The highest BCUT2D eigenvalue weighted by Gasteiger charge is 2.52. The fourth-order valence-corrected chi connectivity index (χ4v) is 3.57. The van der Waals surface area contributed by atoms with E-state index in [1.807, 2.05) is 0 Å². The molecule has 2 fully saturated rings. The monoisotopic (exact) mass is 264 g/mol. The van der Waals surface area contributed by atoms with Crippen molar-refractivity contribution in [2.24, 2.45) is 17.3 Å². The Kier molecular flexibility index (Phi) is 3.98. The van der Waals surface area contributed by atoms with Gasteiger partial charge in [-0.3, -0.25) is 4.79 Å². The highest BCUT2D eigenvalue weighted by atomic mass is 16.5. The van der Waals surface area contributed by atoms with Crippen LogP contribution in [-0.2, 0) is 9.53 Å². The van der Waals surface area contributed by atoms with Crippen molar-refractivity contribution in [2.45, 2.75) is 38.7 Å². The van der Waals surface area contributed by atoms with Gasteiger partial charge in [0, 0.05) is 25.7 Å². The highest BCUT2D eigenvalue weighted by molar-refractivity contribution is 5.96. The maximum Gasteiger partial charge on any atom is 0.161 e. The lowest BCUT2D eigenvalue weighted by Gasteiger charge is -2.53. The first-order chi connectivity index (χ1) is 8.92. The molecule has 106 valence electrons. The summed E-state index contributed by atoms with van der Waals surface area (Å²) in [5.74, 6) is 0.644. The zero-order valence-corrected chi connectivity index (χ0v) is 11.9. The van der Waals surface area contributed by atoms with Crippen molar-refractivity contribution in [1.29, 1.82) is 0 Å². The fourth-order valence-electron chi connectivity index (χ4n) is 3.57. The number of ketones is 1. The van der Waals surface area contributed by atoms with Crippen LogP contribution in [0.25, 0.3) is 0 Å². The maximum absolute atomic E-state index is 12.3. The molecule has 3 heteroatoms. The van der Waals surface area contributed by atoms with Crippen LogP contribution in [0.1, 0.15) is 32.6 Å². The summed E-state index contributed by atoms with van der Waals surface area (Å²) in [4.78, 5) is 12.3. The van der Waals surface area contributed by atoms with Gasteiger partial charge in [0.15, 0.2) is 5.78 Å². The minimum absolute atomic E-state index is 0.0796. The summed E-state index contributed by atoms with van der Waals surface area (Å²) in [5.41, 5.74) is 1.62. The second-order valence-corrected chi connectivity index (χ2v) is 6.30. The number of hydrogen-bond acceptors (Lipinski definition) is 3. The van der Waals surface area contributed by atoms with Crippen LogP contribution < -0.4 is 0 Å². The number of hydrogen-bond donors (Lipinski definition) is 1. The minimum atomic E-state index is -0.192. The van der Waals surface area contributed by atoms with E-state index in [9.17, 15) is 9.90 Å². The molecule has 0 aromatic heterocycles. The van der Waals surface area contributed by atoms with Gasteiger partial charge in [-0.2, -0.15) is 0 Å².